The number of allylic oxidation sites excluding steroid dienone is 5. The minimum Gasteiger partial charge on any atom is -0.414 e. The Morgan fingerprint density at radius 2 is 1.76 bits per heavy atom. The van der Waals surface area contributed by atoms with E-state index >= 15 is 0 Å². The van der Waals surface area contributed by atoms with Crippen LogP contribution >= 0.6 is 0 Å². The minimum absolute atomic E-state index is 0.287. The standard InChI is InChI=1S/C30H49NOSi/c1-10-21(20-31-7)25-13-14-26-24-12-11-22-19-23(32-33(8,9)28(2,3)4)15-17-29(22,5)27(24)16-18-30(25,26)6/h10-11,13,20,23-24,26-27H,12,14-19H2,1-9H3/b21-10+,31-20-/t23-,24?,26?,27?,29-,30+/m0/s1. The third-order valence-corrected chi connectivity index (χ3v) is 15.3. The van der Waals surface area contributed by atoms with Crippen LogP contribution in [0.5, 0.6) is 0 Å². The first-order chi connectivity index (χ1) is 15.4. The molecule has 0 aromatic carbocycles. The molecule has 0 heterocycles. The second kappa shape index (κ2) is 8.62. The van der Waals surface area contributed by atoms with Gasteiger partial charge in [-0.3, -0.25) is 4.99 Å². The fourth-order valence-corrected chi connectivity index (χ4v) is 9.16. The lowest BCUT2D eigenvalue weighted by molar-refractivity contribution is -0.0273. The summed E-state index contributed by atoms with van der Waals surface area (Å²) in [5.74, 6) is 2.44. The smallest absolute Gasteiger partial charge is 0.192 e. The first-order valence-electron chi connectivity index (χ1n) is 13.5. The zero-order valence-electron chi connectivity index (χ0n) is 22.9. The monoisotopic (exact) mass is 467 g/mol. The van der Waals surface area contributed by atoms with Crippen LogP contribution in [0.1, 0.15) is 86.5 Å². The molecule has 4 aliphatic carbocycles. The van der Waals surface area contributed by atoms with Crippen molar-refractivity contribution in [1.29, 1.82) is 0 Å². The van der Waals surface area contributed by atoms with Gasteiger partial charge in [-0.2, -0.15) is 0 Å². The van der Waals surface area contributed by atoms with Crippen molar-refractivity contribution in [3.8, 4) is 0 Å². The highest BCUT2D eigenvalue weighted by atomic mass is 28.4. The molecule has 0 aromatic heterocycles. The molecule has 3 heteroatoms. The van der Waals surface area contributed by atoms with Crippen molar-refractivity contribution in [1.82, 2.24) is 0 Å². The number of nitrogens with zero attached hydrogens (tertiary/aromatic N) is 1. The highest BCUT2D eigenvalue weighted by Crippen LogP contribution is 2.65. The Balaban J connectivity index is 1.54. The maximum atomic E-state index is 6.91. The summed E-state index contributed by atoms with van der Waals surface area (Å²) >= 11 is 0. The lowest BCUT2D eigenvalue weighted by atomic mass is 9.47. The van der Waals surface area contributed by atoms with E-state index in [9.17, 15) is 0 Å². The molecule has 0 amide bonds. The molecule has 184 valence electrons. The van der Waals surface area contributed by atoms with Crippen LogP contribution < -0.4 is 0 Å². The molecule has 33 heavy (non-hydrogen) atoms. The van der Waals surface area contributed by atoms with Gasteiger partial charge in [0.25, 0.3) is 0 Å². The predicted molar refractivity (Wildman–Crippen MR) is 145 cm³/mol. The van der Waals surface area contributed by atoms with Crippen molar-refractivity contribution >= 4 is 14.5 Å². The van der Waals surface area contributed by atoms with Gasteiger partial charge in [0, 0.05) is 19.4 Å². The van der Waals surface area contributed by atoms with Crippen molar-refractivity contribution in [3.05, 3.63) is 34.9 Å². The number of aliphatic imine (C=N–C) groups is 1. The Hall–Kier alpha value is -0.933. The van der Waals surface area contributed by atoms with E-state index < -0.39 is 8.32 Å². The van der Waals surface area contributed by atoms with Crippen LogP contribution in [-0.2, 0) is 4.43 Å². The maximum Gasteiger partial charge on any atom is 0.192 e. The van der Waals surface area contributed by atoms with Crippen molar-refractivity contribution in [2.45, 2.75) is 111 Å². The van der Waals surface area contributed by atoms with Crippen molar-refractivity contribution in [2.24, 2.45) is 33.6 Å². The highest BCUT2D eigenvalue weighted by molar-refractivity contribution is 6.74. The number of rotatable bonds is 4. The van der Waals surface area contributed by atoms with Crippen molar-refractivity contribution < 1.29 is 4.43 Å². The maximum absolute atomic E-state index is 6.91. The summed E-state index contributed by atoms with van der Waals surface area (Å²) < 4.78 is 6.91. The van der Waals surface area contributed by atoms with Gasteiger partial charge in [-0.25, -0.2) is 0 Å². The third kappa shape index (κ3) is 4.09. The zero-order valence-corrected chi connectivity index (χ0v) is 23.9. The minimum atomic E-state index is -1.71. The molecule has 4 rings (SSSR count). The Morgan fingerprint density at radius 3 is 2.39 bits per heavy atom. The summed E-state index contributed by atoms with van der Waals surface area (Å²) in [5, 5.41) is 0.287. The van der Waals surface area contributed by atoms with Crippen LogP contribution in [0.3, 0.4) is 0 Å². The number of fused-ring (bicyclic) bond motifs is 5. The van der Waals surface area contributed by atoms with Gasteiger partial charge in [0.15, 0.2) is 8.32 Å². The lowest BCUT2D eigenvalue weighted by Crippen LogP contribution is -2.51. The van der Waals surface area contributed by atoms with E-state index in [-0.39, 0.29) is 5.04 Å². The number of hydrogen-bond acceptors (Lipinski definition) is 2. The Kier molecular flexibility index (Phi) is 6.58. The van der Waals surface area contributed by atoms with Gasteiger partial charge in [-0.1, -0.05) is 58.4 Å². The predicted octanol–water partition coefficient (Wildman–Crippen LogP) is 8.52. The van der Waals surface area contributed by atoms with Gasteiger partial charge in [-0.15, -0.1) is 0 Å². The quantitative estimate of drug-likeness (QED) is 0.231. The Labute approximate surface area is 205 Å². The van der Waals surface area contributed by atoms with Crippen LogP contribution in [0.4, 0.5) is 0 Å². The summed E-state index contributed by atoms with van der Waals surface area (Å²) in [6.45, 7) is 19.3. The topological polar surface area (TPSA) is 21.6 Å². The van der Waals surface area contributed by atoms with Crippen molar-refractivity contribution in [3.63, 3.8) is 0 Å². The molecule has 4 aliphatic rings. The first kappa shape index (κ1) is 25.2. The molecule has 2 nitrogen and oxygen atoms in total. The third-order valence-electron chi connectivity index (χ3n) is 10.8. The van der Waals surface area contributed by atoms with E-state index in [2.05, 4.69) is 84.1 Å². The van der Waals surface area contributed by atoms with Gasteiger partial charge in [0.1, 0.15) is 0 Å². The van der Waals surface area contributed by atoms with Crippen molar-refractivity contribution in [2.75, 3.05) is 7.05 Å². The highest BCUT2D eigenvalue weighted by Gasteiger charge is 2.57. The summed E-state index contributed by atoms with van der Waals surface area (Å²) in [6.07, 6.45) is 19.0. The van der Waals surface area contributed by atoms with Crippen LogP contribution in [-0.4, -0.2) is 27.7 Å². The van der Waals surface area contributed by atoms with Crippen LogP contribution in [0.15, 0.2) is 39.9 Å². The van der Waals surface area contributed by atoms with E-state index in [1.807, 2.05) is 7.05 Å². The molecule has 2 fully saturated rings. The van der Waals surface area contributed by atoms with Gasteiger partial charge in [-0.05, 0) is 110 Å². The largest absolute Gasteiger partial charge is 0.414 e. The SMILES string of the molecule is C/C=C(\C=N/C)C1=CCC2C3CC=C4C[C@@H](O[Si](C)(C)C(C)(C)C)CC[C@]4(C)C3CC[C@]12C. The Bertz CT molecular complexity index is 887. The molecule has 0 aliphatic heterocycles. The molecule has 6 atom stereocenters. The van der Waals surface area contributed by atoms with Gasteiger partial charge >= 0.3 is 0 Å². The van der Waals surface area contributed by atoms with E-state index in [4.69, 9.17) is 4.43 Å². The molecule has 3 unspecified atom stereocenters. The van der Waals surface area contributed by atoms with E-state index in [1.165, 1.54) is 50.5 Å². The average Bonchev–Trinajstić information content (AvgIpc) is 3.08. The van der Waals surface area contributed by atoms with Crippen LogP contribution in [0.2, 0.25) is 18.1 Å². The lowest BCUT2D eigenvalue weighted by Gasteiger charge is -2.58. The van der Waals surface area contributed by atoms with E-state index in [1.54, 1.807) is 11.1 Å². The van der Waals surface area contributed by atoms with E-state index in [0.717, 1.165) is 17.8 Å². The molecule has 0 spiro atoms. The molecule has 0 aromatic rings. The first-order valence-corrected chi connectivity index (χ1v) is 16.4. The molecule has 2 saturated carbocycles. The van der Waals surface area contributed by atoms with Crippen LogP contribution in [0, 0.1) is 28.6 Å². The summed E-state index contributed by atoms with van der Waals surface area (Å²) in [7, 11) is 0.184. The average molecular weight is 468 g/mol. The summed E-state index contributed by atoms with van der Waals surface area (Å²) in [4.78, 5) is 4.36. The zero-order chi connectivity index (χ0) is 24.2. The fraction of sp³-hybridized carbons (Fsp3) is 0.767. The van der Waals surface area contributed by atoms with Gasteiger partial charge in [0.2, 0.25) is 0 Å². The van der Waals surface area contributed by atoms with Gasteiger partial charge < -0.3 is 4.43 Å². The molecule has 0 saturated heterocycles. The molecular formula is C30H49NOSi. The second-order valence-corrected chi connectivity index (χ2v) is 18.2. The molecule has 0 N–H and O–H groups in total. The van der Waals surface area contributed by atoms with Crippen LogP contribution in [0.25, 0.3) is 0 Å². The number of hydrogen-bond donors (Lipinski definition) is 0. The fourth-order valence-electron chi connectivity index (χ4n) is 7.78. The van der Waals surface area contributed by atoms with Gasteiger partial charge in [0.05, 0.1) is 0 Å². The summed E-state index contributed by atoms with van der Waals surface area (Å²) in [5.41, 5.74) is 5.36. The molecular weight excluding hydrogens is 418 g/mol. The summed E-state index contributed by atoms with van der Waals surface area (Å²) in [6, 6.07) is 0. The molecule has 0 bridgehead atoms. The van der Waals surface area contributed by atoms with E-state index in [0.29, 0.717) is 16.9 Å². The molecule has 0 radical (unpaired) electrons. The Morgan fingerprint density at radius 1 is 1.06 bits per heavy atom. The second-order valence-electron chi connectivity index (χ2n) is 13.4. The normalized spacial score (nSPS) is 39.6.